The zero-order valence-electron chi connectivity index (χ0n) is 12.3. The average molecular weight is 234 g/mol. The SMILES string of the molecule is C=C1/C=C\C=C/C(=C)CCCC1.CC.CCC. The van der Waals surface area contributed by atoms with Gasteiger partial charge in [0.1, 0.15) is 0 Å². The second kappa shape index (κ2) is 15.0. The van der Waals surface area contributed by atoms with Gasteiger partial charge in [-0.15, -0.1) is 0 Å². The number of hydrogen-bond acceptors (Lipinski definition) is 0. The summed E-state index contributed by atoms with van der Waals surface area (Å²) in [6.45, 7) is 16.2. The Morgan fingerprint density at radius 2 is 1.18 bits per heavy atom. The van der Waals surface area contributed by atoms with Crippen molar-refractivity contribution in [1.82, 2.24) is 0 Å². The van der Waals surface area contributed by atoms with Gasteiger partial charge in [-0.1, -0.05) is 82.7 Å². The first-order valence-corrected chi connectivity index (χ1v) is 6.91. The first-order chi connectivity index (χ1) is 8.20. The van der Waals surface area contributed by atoms with Gasteiger partial charge in [-0.05, 0) is 25.7 Å². The molecule has 0 heterocycles. The van der Waals surface area contributed by atoms with Gasteiger partial charge in [0, 0.05) is 0 Å². The lowest BCUT2D eigenvalue weighted by atomic mass is 10.0. The fraction of sp³-hybridized carbons (Fsp3) is 0.529. The van der Waals surface area contributed by atoms with E-state index in [9.17, 15) is 0 Å². The number of allylic oxidation sites excluding steroid dienone is 6. The van der Waals surface area contributed by atoms with Crippen LogP contribution >= 0.6 is 0 Å². The van der Waals surface area contributed by atoms with Gasteiger partial charge in [-0.3, -0.25) is 0 Å². The van der Waals surface area contributed by atoms with Crippen molar-refractivity contribution in [3.63, 3.8) is 0 Å². The van der Waals surface area contributed by atoms with Crippen molar-refractivity contribution >= 4 is 0 Å². The van der Waals surface area contributed by atoms with Crippen LogP contribution in [0.1, 0.15) is 59.8 Å². The topological polar surface area (TPSA) is 0 Å². The highest BCUT2D eigenvalue weighted by Gasteiger charge is 1.94. The van der Waals surface area contributed by atoms with E-state index in [1.807, 2.05) is 26.0 Å². The summed E-state index contributed by atoms with van der Waals surface area (Å²) in [5.41, 5.74) is 2.46. The van der Waals surface area contributed by atoms with E-state index in [4.69, 9.17) is 0 Å². The Balaban J connectivity index is 0. The van der Waals surface area contributed by atoms with Crippen LogP contribution in [-0.2, 0) is 0 Å². The Morgan fingerprint density at radius 3 is 1.47 bits per heavy atom. The van der Waals surface area contributed by atoms with Crippen LogP contribution in [0.25, 0.3) is 0 Å². The normalized spacial score (nSPS) is 19.1. The highest BCUT2D eigenvalue weighted by molar-refractivity contribution is 5.24. The van der Waals surface area contributed by atoms with Crippen molar-refractivity contribution in [2.75, 3.05) is 0 Å². The molecular formula is C17H30. The molecule has 0 unspecified atom stereocenters. The first-order valence-electron chi connectivity index (χ1n) is 6.91. The lowest BCUT2D eigenvalue weighted by Gasteiger charge is -2.03. The molecule has 0 heteroatoms. The summed E-state index contributed by atoms with van der Waals surface area (Å²) in [7, 11) is 0. The second-order valence-electron chi connectivity index (χ2n) is 3.95. The number of rotatable bonds is 0. The van der Waals surface area contributed by atoms with Crippen molar-refractivity contribution in [2.24, 2.45) is 0 Å². The molecule has 1 rings (SSSR count). The molecule has 17 heavy (non-hydrogen) atoms. The Morgan fingerprint density at radius 1 is 0.882 bits per heavy atom. The van der Waals surface area contributed by atoms with Gasteiger partial charge in [-0.2, -0.15) is 0 Å². The van der Waals surface area contributed by atoms with E-state index in [-0.39, 0.29) is 0 Å². The van der Waals surface area contributed by atoms with Crippen LogP contribution in [0, 0.1) is 0 Å². The van der Waals surface area contributed by atoms with Crippen LogP contribution in [0.15, 0.2) is 48.6 Å². The molecule has 0 saturated heterocycles. The van der Waals surface area contributed by atoms with Crippen molar-refractivity contribution < 1.29 is 0 Å². The Kier molecular flexibility index (Phi) is 16.1. The molecule has 1 aliphatic carbocycles. The van der Waals surface area contributed by atoms with Gasteiger partial charge >= 0.3 is 0 Å². The Bertz CT molecular complexity index is 215. The van der Waals surface area contributed by atoms with E-state index in [0.29, 0.717) is 0 Å². The van der Waals surface area contributed by atoms with E-state index < -0.39 is 0 Å². The smallest absolute Gasteiger partial charge is 0.0285 e. The van der Waals surface area contributed by atoms with E-state index in [0.717, 1.165) is 12.8 Å². The van der Waals surface area contributed by atoms with E-state index >= 15 is 0 Å². The third-order valence-corrected chi connectivity index (χ3v) is 2.02. The molecule has 0 radical (unpaired) electrons. The molecule has 0 saturated carbocycles. The van der Waals surface area contributed by atoms with Crippen molar-refractivity contribution in [3.05, 3.63) is 48.6 Å². The summed E-state index contributed by atoms with van der Waals surface area (Å²) >= 11 is 0. The van der Waals surface area contributed by atoms with Gasteiger partial charge in [0.25, 0.3) is 0 Å². The van der Waals surface area contributed by atoms with Gasteiger partial charge in [0.2, 0.25) is 0 Å². The maximum absolute atomic E-state index is 3.96. The molecule has 0 atom stereocenters. The molecule has 0 aromatic heterocycles. The molecule has 0 fully saturated rings. The van der Waals surface area contributed by atoms with E-state index in [1.54, 1.807) is 0 Å². The summed E-state index contributed by atoms with van der Waals surface area (Å²) in [5.74, 6) is 0. The molecule has 98 valence electrons. The highest BCUT2D eigenvalue weighted by atomic mass is 14.0. The molecule has 0 nitrogen and oxygen atoms in total. The lowest BCUT2D eigenvalue weighted by Crippen LogP contribution is -1.83. The minimum absolute atomic E-state index is 1.12. The highest BCUT2D eigenvalue weighted by Crippen LogP contribution is 2.14. The number of hydrogen-bond donors (Lipinski definition) is 0. The monoisotopic (exact) mass is 234 g/mol. The molecule has 0 spiro atoms. The van der Waals surface area contributed by atoms with Crippen molar-refractivity contribution in [3.8, 4) is 0 Å². The predicted molar refractivity (Wildman–Crippen MR) is 82.3 cm³/mol. The zero-order chi connectivity index (χ0) is 13.5. The van der Waals surface area contributed by atoms with Crippen LogP contribution < -0.4 is 0 Å². The van der Waals surface area contributed by atoms with Crippen molar-refractivity contribution in [2.45, 2.75) is 59.8 Å². The van der Waals surface area contributed by atoms with Gasteiger partial charge < -0.3 is 0 Å². The van der Waals surface area contributed by atoms with E-state index in [1.165, 1.54) is 30.4 Å². The van der Waals surface area contributed by atoms with E-state index in [2.05, 4.69) is 39.2 Å². The molecule has 0 amide bonds. The maximum atomic E-state index is 3.96. The maximum Gasteiger partial charge on any atom is -0.0285 e. The summed E-state index contributed by atoms with van der Waals surface area (Å²) in [6.07, 6.45) is 14.2. The summed E-state index contributed by atoms with van der Waals surface area (Å²) in [5, 5.41) is 0. The van der Waals surface area contributed by atoms with Crippen LogP contribution in [0.4, 0.5) is 0 Å². The van der Waals surface area contributed by atoms with Crippen molar-refractivity contribution in [1.29, 1.82) is 0 Å². The van der Waals surface area contributed by atoms with Crippen LogP contribution in [0.3, 0.4) is 0 Å². The fourth-order valence-electron chi connectivity index (χ4n) is 1.25. The molecule has 0 aromatic carbocycles. The minimum Gasteiger partial charge on any atom is -0.0958 e. The first kappa shape index (κ1) is 18.3. The Hall–Kier alpha value is -1.04. The fourth-order valence-corrected chi connectivity index (χ4v) is 1.25. The van der Waals surface area contributed by atoms with Crippen LogP contribution in [0.2, 0.25) is 0 Å². The second-order valence-corrected chi connectivity index (χ2v) is 3.95. The largest absolute Gasteiger partial charge is 0.0958 e. The molecule has 0 aromatic rings. The molecule has 0 aliphatic heterocycles. The predicted octanol–water partition coefficient (Wildman–Crippen LogP) is 6.23. The molecule has 0 bridgehead atoms. The quantitative estimate of drug-likeness (QED) is 0.466. The molecule has 0 N–H and O–H groups in total. The Labute approximate surface area is 109 Å². The third kappa shape index (κ3) is 15.0. The van der Waals surface area contributed by atoms with Crippen LogP contribution in [-0.4, -0.2) is 0 Å². The summed E-state index contributed by atoms with van der Waals surface area (Å²) < 4.78 is 0. The van der Waals surface area contributed by atoms with Gasteiger partial charge in [-0.25, -0.2) is 0 Å². The lowest BCUT2D eigenvalue weighted by molar-refractivity contribution is 0.740. The summed E-state index contributed by atoms with van der Waals surface area (Å²) in [6, 6.07) is 0. The van der Waals surface area contributed by atoms with Crippen LogP contribution in [0.5, 0.6) is 0 Å². The molecule has 1 aliphatic rings. The summed E-state index contributed by atoms with van der Waals surface area (Å²) in [4.78, 5) is 0. The van der Waals surface area contributed by atoms with Gasteiger partial charge in [0.15, 0.2) is 0 Å². The minimum atomic E-state index is 1.12. The third-order valence-electron chi connectivity index (χ3n) is 2.02. The van der Waals surface area contributed by atoms with Gasteiger partial charge in [0.05, 0.1) is 0 Å². The molecular weight excluding hydrogens is 204 g/mol. The standard InChI is InChI=1S/C12H16.C3H8.C2H6/c1-11-7-3-5-9-12(2)10-6-4-8-11;1-3-2;1-2/h3,5,7,9H,1-2,4,6,8,10H2;3H2,1-2H3;1-2H3/b7-3-,9-5-;;. The zero-order valence-corrected chi connectivity index (χ0v) is 12.3. The average Bonchev–Trinajstić information content (AvgIpc) is 2.34.